The molecule has 0 fully saturated rings. The molecule has 2 amide bonds. The Hall–Kier alpha value is -1.92. The summed E-state index contributed by atoms with van der Waals surface area (Å²) in [6.07, 6.45) is -4.34. The molecule has 0 saturated carbocycles. The van der Waals surface area contributed by atoms with E-state index in [1.165, 1.54) is 12.1 Å². The highest BCUT2D eigenvalue weighted by Gasteiger charge is 2.29. The summed E-state index contributed by atoms with van der Waals surface area (Å²) in [5.41, 5.74) is 0.801. The molecule has 0 spiro atoms. The van der Waals surface area contributed by atoms with Crippen LogP contribution >= 0.6 is 0 Å². The largest absolute Gasteiger partial charge is 0.508 e. The highest BCUT2D eigenvalue weighted by Crippen LogP contribution is 2.10. The number of carbonyl (C=O) groups is 1. The van der Waals surface area contributed by atoms with Gasteiger partial charge in [-0.2, -0.15) is 13.2 Å². The number of aromatic hydroxyl groups is 1. The third-order valence-electron chi connectivity index (χ3n) is 1.89. The summed E-state index contributed by atoms with van der Waals surface area (Å²) in [4.78, 5) is 10.7. The number of carbonyl (C=O) groups excluding carboxylic acids is 1. The highest BCUT2D eigenvalue weighted by atomic mass is 19.4. The summed E-state index contributed by atoms with van der Waals surface area (Å²) in [6, 6.07) is 4.89. The molecule has 94 valence electrons. The monoisotopic (exact) mass is 248 g/mol. The van der Waals surface area contributed by atoms with E-state index in [-0.39, 0.29) is 12.3 Å². The van der Waals surface area contributed by atoms with Gasteiger partial charge in [-0.1, -0.05) is 12.1 Å². The molecule has 7 heteroatoms. The van der Waals surface area contributed by atoms with Crippen molar-refractivity contribution in [3.05, 3.63) is 29.8 Å². The Balaban J connectivity index is 2.28. The first-order valence-electron chi connectivity index (χ1n) is 4.77. The van der Waals surface area contributed by atoms with Crippen molar-refractivity contribution in [1.29, 1.82) is 0 Å². The number of hydrogen-bond donors (Lipinski definition) is 3. The number of benzene rings is 1. The van der Waals surface area contributed by atoms with Gasteiger partial charge in [-0.25, -0.2) is 10.1 Å². The molecule has 0 aromatic heterocycles. The van der Waals surface area contributed by atoms with Crippen LogP contribution in [0.25, 0.3) is 0 Å². The zero-order valence-electron chi connectivity index (χ0n) is 8.71. The summed E-state index contributed by atoms with van der Waals surface area (Å²) < 4.78 is 35.1. The maximum Gasteiger partial charge on any atom is 0.485 e. The number of alkyl halides is 3. The van der Waals surface area contributed by atoms with Crippen LogP contribution in [0.5, 0.6) is 5.75 Å². The van der Waals surface area contributed by atoms with Crippen molar-refractivity contribution in [2.75, 3.05) is 6.54 Å². The van der Waals surface area contributed by atoms with E-state index in [4.69, 9.17) is 5.11 Å². The summed E-state index contributed by atoms with van der Waals surface area (Å²) in [7, 11) is 0. The minimum atomic E-state index is -4.72. The normalized spacial score (nSPS) is 11.0. The first-order valence-corrected chi connectivity index (χ1v) is 4.77. The number of nitrogens with one attached hydrogen (secondary N) is 2. The van der Waals surface area contributed by atoms with E-state index >= 15 is 0 Å². The van der Waals surface area contributed by atoms with Crippen LogP contribution in [0.15, 0.2) is 24.3 Å². The number of urea groups is 1. The van der Waals surface area contributed by atoms with Gasteiger partial charge in [-0.15, -0.1) is 0 Å². The Bertz CT molecular complexity index is 376. The van der Waals surface area contributed by atoms with Crippen molar-refractivity contribution in [3.8, 4) is 5.75 Å². The number of halogens is 3. The Morgan fingerprint density at radius 3 is 2.35 bits per heavy atom. The summed E-state index contributed by atoms with van der Waals surface area (Å²) in [5, 5.41) is 11.9. The molecule has 0 saturated heterocycles. The molecule has 1 rings (SSSR count). The van der Waals surface area contributed by atoms with Crippen LogP contribution in [-0.4, -0.2) is 24.0 Å². The Kier molecular flexibility index (Phi) is 4.19. The van der Waals surface area contributed by atoms with Crippen LogP contribution in [0.3, 0.4) is 0 Å². The second-order valence-corrected chi connectivity index (χ2v) is 3.30. The molecule has 0 heterocycles. The van der Waals surface area contributed by atoms with Crippen LogP contribution in [0, 0.1) is 0 Å². The molecule has 0 aliphatic carbocycles. The minimum Gasteiger partial charge on any atom is -0.508 e. The highest BCUT2D eigenvalue weighted by molar-refractivity contribution is 5.74. The quantitative estimate of drug-likeness (QED) is 0.714. The molecule has 4 nitrogen and oxygen atoms in total. The van der Waals surface area contributed by atoms with E-state index < -0.39 is 12.3 Å². The average molecular weight is 248 g/mol. The standard InChI is InChI=1S/C10H11F3N2O2/c11-10(12,13)15-9(17)14-6-5-7-1-3-8(16)4-2-7/h1-4,16H,5-6H2,(H2,14,15,17). The topological polar surface area (TPSA) is 61.4 Å². The summed E-state index contributed by atoms with van der Waals surface area (Å²) in [6.45, 7) is 0.0761. The first-order chi connectivity index (χ1) is 7.87. The fourth-order valence-corrected chi connectivity index (χ4v) is 1.16. The maximum atomic E-state index is 11.7. The van der Waals surface area contributed by atoms with E-state index in [1.807, 2.05) is 0 Å². The van der Waals surface area contributed by atoms with Crippen LogP contribution in [0.4, 0.5) is 18.0 Å². The van der Waals surface area contributed by atoms with Crippen molar-refractivity contribution in [2.24, 2.45) is 0 Å². The zero-order valence-corrected chi connectivity index (χ0v) is 8.71. The van der Waals surface area contributed by atoms with E-state index in [2.05, 4.69) is 5.32 Å². The van der Waals surface area contributed by atoms with E-state index in [0.29, 0.717) is 6.42 Å². The van der Waals surface area contributed by atoms with E-state index in [9.17, 15) is 18.0 Å². The molecule has 0 atom stereocenters. The van der Waals surface area contributed by atoms with Gasteiger partial charge in [0, 0.05) is 6.54 Å². The van der Waals surface area contributed by atoms with Crippen LogP contribution in [0.2, 0.25) is 0 Å². The van der Waals surface area contributed by atoms with E-state index in [1.54, 1.807) is 12.1 Å². The number of hydrogen-bond acceptors (Lipinski definition) is 2. The summed E-state index contributed by atoms with van der Waals surface area (Å²) in [5.74, 6) is 0.108. The van der Waals surface area contributed by atoms with Gasteiger partial charge in [-0.05, 0) is 24.1 Å². The molecule has 3 N–H and O–H groups in total. The zero-order chi connectivity index (χ0) is 12.9. The lowest BCUT2D eigenvalue weighted by Crippen LogP contribution is -2.44. The Labute approximate surface area is 95.4 Å². The second-order valence-electron chi connectivity index (χ2n) is 3.30. The molecule has 0 aliphatic heterocycles. The average Bonchev–Trinajstić information content (AvgIpc) is 2.18. The van der Waals surface area contributed by atoms with Gasteiger partial charge in [0.1, 0.15) is 5.75 Å². The van der Waals surface area contributed by atoms with E-state index in [0.717, 1.165) is 10.9 Å². The van der Waals surface area contributed by atoms with Gasteiger partial charge in [-0.3, -0.25) is 0 Å². The van der Waals surface area contributed by atoms with Gasteiger partial charge in [0.15, 0.2) is 0 Å². The van der Waals surface area contributed by atoms with Crippen LogP contribution < -0.4 is 10.6 Å². The lowest BCUT2D eigenvalue weighted by Gasteiger charge is -2.09. The van der Waals surface area contributed by atoms with Gasteiger partial charge in [0.05, 0.1) is 0 Å². The van der Waals surface area contributed by atoms with Crippen molar-refractivity contribution in [1.82, 2.24) is 10.6 Å². The molecule has 1 aromatic carbocycles. The van der Waals surface area contributed by atoms with Gasteiger partial charge >= 0.3 is 12.3 Å². The molecule has 0 bridgehead atoms. The Morgan fingerprint density at radius 1 is 1.24 bits per heavy atom. The molecule has 0 radical (unpaired) electrons. The molecule has 1 aromatic rings. The predicted octanol–water partition coefficient (Wildman–Crippen LogP) is 1.75. The maximum absolute atomic E-state index is 11.7. The number of rotatable bonds is 3. The van der Waals surface area contributed by atoms with Gasteiger partial charge in [0.2, 0.25) is 0 Å². The van der Waals surface area contributed by atoms with Gasteiger partial charge in [0.25, 0.3) is 0 Å². The minimum absolute atomic E-state index is 0.0761. The molecular weight excluding hydrogens is 237 g/mol. The SMILES string of the molecule is O=C(NCCc1ccc(O)cc1)NC(F)(F)F. The fourth-order valence-electron chi connectivity index (χ4n) is 1.16. The number of phenols is 1. The second kappa shape index (κ2) is 5.42. The molecule has 0 aliphatic rings. The number of phenolic OH excluding ortho intramolecular Hbond substituents is 1. The molecule has 17 heavy (non-hydrogen) atoms. The van der Waals surface area contributed by atoms with Gasteiger partial charge < -0.3 is 10.4 Å². The van der Waals surface area contributed by atoms with Crippen molar-refractivity contribution >= 4 is 6.03 Å². The first kappa shape index (κ1) is 13.1. The lowest BCUT2D eigenvalue weighted by molar-refractivity contribution is -0.145. The molecular formula is C10H11F3N2O2. The molecule has 0 unspecified atom stereocenters. The van der Waals surface area contributed by atoms with Crippen molar-refractivity contribution < 1.29 is 23.1 Å². The van der Waals surface area contributed by atoms with Crippen LogP contribution in [-0.2, 0) is 6.42 Å². The summed E-state index contributed by atoms with van der Waals surface area (Å²) >= 11 is 0. The fraction of sp³-hybridized carbons (Fsp3) is 0.300. The van der Waals surface area contributed by atoms with Crippen molar-refractivity contribution in [2.45, 2.75) is 12.7 Å². The van der Waals surface area contributed by atoms with Crippen molar-refractivity contribution in [3.63, 3.8) is 0 Å². The third-order valence-corrected chi connectivity index (χ3v) is 1.89. The third kappa shape index (κ3) is 5.64. The predicted molar refractivity (Wildman–Crippen MR) is 54.4 cm³/mol. The smallest absolute Gasteiger partial charge is 0.485 e. The lowest BCUT2D eigenvalue weighted by atomic mass is 10.1. The Morgan fingerprint density at radius 2 is 1.82 bits per heavy atom. The van der Waals surface area contributed by atoms with Crippen LogP contribution in [0.1, 0.15) is 5.56 Å². The number of amides is 2.